The maximum atomic E-state index is 12.6. The zero-order valence-electron chi connectivity index (χ0n) is 13.3. The lowest BCUT2D eigenvalue weighted by Crippen LogP contribution is -2.30. The zero-order chi connectivity index (χ0) is 17.8. The van der Waals surface area contributed by atoms with Crippen LogP contribution in [0.5, 0.6) is 0 Å². The number of nitrogens with one attached hydrogen (secondary N) is 2. The van der Waals surface area contributed by atoms with Crippen molar-refractivity contribution in [2.75, 3.05) is 10.6 Å². The fourth-order valence-electron chi connectivity index (χ4n) is 2.86. The molecule has 0 aliphatic heterocycles. The largest absolute Gasteiger partial charge is 0.317 e. The molecule has 3 rings (SSSR count). The highest BCUT2D eigenvalue weighted by Crippen LogP contribution is 2.30. The van der Waals surface area contributed by atoms with Crippen molar-refractivity contribution in [3.05, 3.63) is 40.4 Å². The number of carbonyl (C=O) groups is 3. The Labute approximate surface area is 153 Å². The standard InChI is InChI=1S/C17H16ClN3O3S/c18-13-9-19-17(25-13)21-16(24)15(23)20-12-8-4-3-7-11(12)14(22)10-5-1-2-6-10/h3-4,7-10H,1-2,5-6H2,(H,20,23)(H,19,21,24). The lowest BCUT2D eigenvalue weighted by molar-refractivity contribution is -0.133. The predicted molar refractivity (Wildman–Crippen MR) is 97.1 cm³/mol. The van der Waals surface area contributed by atoms with Gasteiger partial charge >= 0.3 is 11.8 Å². The molecular weight excluding hydrogens is 362 g/mol. The van der Waals surface area contributed by atoms with E-state index in [1.54, 1.807) is 24.3 Å². The molecule has 1 fully saturated rings. The van der Waals surface area contributed by atoms with Gasteiger partial charge in [0.2, 0.25) is 0 Å². The molecule has 1 aromatic carbocycles. The van der Waals surface area contributed by atoms with Crippen molar-refractivity contribution in [2.24, 2.45) is 5.92 Å². The normalized spacial score (nSPS) is 14.3. The van der Waals surface area contributed by atoms with E-state index in [2.05, 4.69) is 15.6 Å². The maximum Gasteiger partial charge on any atom is 0.315 e. The molecule has 0 unspecified atom stereocenters. The highest BCUT2D eigenvalue weighted by atomic mass is 35.5. The maximum absolute atomic E-state index is 12.6. The molecule has 130 valence electrons. The Morgan fingerprint density at radius 1 is 1.08 bits per heavy atom. The number of rotatable bonds is 4. The summed E-state index contributed by atoms with van der Waals surface area (Å²) in [5.74, 6) is -1.73. The molecule has 0 atom stereocenters. The van der Waals surface area contributed by atoms with Gasteiger partial charge in [-0.2, -0.15) is 0 Å². The fraction of sp³-hybridized carbons (Fsp3) is 0.294. The molecule has 0 saturated heterocycles. The molecule has 2 N–H and O–H groups in total. The number of Topliss-reactive ketones (excluding diaryl/α,β-unsaturated/α-hetero) is 1. The molecule has 6 nitrogen and oxygen atoms in total. The highest BCUT2D eigenvalue weighted by molar-refractivity contribution is 7.19. The summed E-state index contributed by atoms with van der Waals surface area (Å²) < 4.78 is 0.406. The average Bonchev–Trinajstić information content (AvgIpc) is 3.26. The van der Waals surface area contributed by atoms with Gasteiger partial charge in [-0.25, -0.2) is 4.98 Å². The lowest BCUT2D eigenvalue weighted by Gasteiger charge is -2.13. The van der Waals surface area contributed by atoms with Crippen LogP contribution in [0.2, 0.25) is 4.34 Å². The number of amides is 2. The number of benzene rings is 1. The van der Waals surface area contributed by atoms with Crippen LogP contribution >= 0.6 is 22.9 Å². The van der Waals surface area contributed by atoms with Crippen LogP contribution in [0.15, 0.2) is 30.5 Å². The van der Waals surface area contributed by atoms with Gasteiger partial charge in [0.1, 0.15) is 4.34 Å². The van der Waals surface area contributed by atoms with Crippen molar-refractivity contribution < 1.29 is 14.4 Å². The minimum Gasteiger partial charge on any atom is -0.317 e. The second-order valence-corrected chi connectivity index (χ2v) is 7.43. The molecule has 2 aromatic rings. The quantitative estimate of drug-likeness (QED) is 0.627. The van der Waals surface area contributed by atoms with Gasteiger partial charge < -0.3 is 5.32 Å². The van der Waals surface area contributed by atoms with Gasteiger partial charge in [0.05, 0.1) is 11.9 Å². The monoisotopic (exact) mass is 377 g/mol. The average molecular weight is 378 g/mol. The Morgan fingerprint density at radius 3 is 2.44 bits per heavy atom. The van der Waals surface area contributed by atoms with Crippen LogP contribution in [0.4, 0.5) is 10.8 Å². The number of ketones is 1. The van der Waals surface area contributed by atoms with Crippen molar-refractivity contribution >= 4 is 51.4 Å². The van der Waals surface area contributed by atoms with Crippen molar-refractivity contribution in [1.29, 1.82) is 0 Å². The van der Waals surface area contributed by atoms with Crippen molar-refractivity contribution in [1.82, 2.24) is 4.98 Å². The van der Waals surface area contributed by atoms with E-state index in [0.29, 0.717) is 15.6 Å². The number of carbonyl (C=O) groups excluding carboxylic acids is 3. The summed E-state index contributed by atoms with van der Waals surface area (Å²) in [6.07, 6.45) is 5.21. The van der Waals surface area contributed by atoms with Gasteiger partial charge in [0.25, 0.3) is 0 Å². The zero-order valence-corrected chi connectivity index (χ0v) is 14.8. The molecule has 1 saturated carbocycles. The van der Waals surface area contributed by atoms with E-state index in [1.807, 2.05) is 0 Å². The molecule has 0 spiro atoms. The topological polar surface area (TPSA) is 88.2 Å². The Hall–Kier alpha value is -2.25. The molecule has 0 radical (unpaired) electrons. The van der Waals surface area contributed by atoms with Gasteiger partial charge in [-0.3, -0.25) is 19.7 Å². The van der Waals surface area contributed by atoms with E-state index in [-0.39, 0.29) is 16.8 Å². The molecule has 2 amide bonds. The third kappa shape index (κ3) is 4.24. The van der Waals surface area contributed by atoms with Crippen molar-refractivity contribution in [3.63, 3.8) is 0 Å². The Kier molecular flexibility index (Phi) is 5.45. The number of para-hydroxylation sites is 1. The molecule has 1 heterocycles. The summed E-state index contributed by atoms with van der Waals surface area (Å²) >= 11 is 6.79. The molecule has 0 bridgehead atoms. The second kappa shape index (κ2) is 7.76. The van der Waals surface area contributed by atoms with E-state index in [4.69, 9.17) is 11.6 Å². The molecule has 1 aromatic heterocycles. The summed E-state index contributed by atoms with van der Waals surface area (Å²) in [4.78, 5) is 40.6. The number of halogens is 1. The molecule has 1 aliphatic carbocycles. The molecular formula is C17H16ClN3O3S. The van der Waals surface area contributed by atoms with E-state index in [1.165, 1.54) is 6.20 Å². The van der Waals surface area contributed by atoms with Gasteiger partial charge in [-0.05, 0) is 25.0 Å². The SMILES string of the molecule is O=C(Nc1ncc(Cl)s1)C(=O)Nc1ccccc1C(=O)C1CCCC1. The van der Waals surface area contributed by atoms with Gasteiger partial charge in [0, 0.05) is 11.5 Å². The van der Waals surface area contributed by atoms with E-state index in [9.17, 15) is 14.4 Å². The molecule has 8 heteroatoms. The minimum atomic E-state index is -0.867. The van der Waals surface area contributed by atoms with Crippen LogP contribution in [-0.4, -0.2) is 22.6 Å². The third-order valence-electron chi connectivity index (χ3n) is 4.07. The fourth-order valence-corrected chi connectivity index (χ4v) is 3.67. The van der Waals surface area contributed by atoms with Crippen molar-refractivity contribution in [3.8, 4) is 0 Å². The summed E-state index contributed by atoms with van der Waals surface area (Å²) in [6.45, 7) is 0. The number of nitrogens with zero attached hydrogens (tertiary/aromatic N) is 1. The Bertz CT molecular complexity index is 815. The number of thiazole rings is 1. The van der Waals surface area contributed by atoms with Crippen LogP contribution in [0.3, 0.4) is 0 Å². The smallest absolute Gasteiger partial charge is 0.315 e. The number of anilines is 2. The predicted octanol–water partition coefficient (Wildman–Crippen LogP) is 3.75. The highest BCUT2D eigenvalue weighted by Gasteiger charge is 2.26. The van der Waals surface area contributed by atoms with Crippen LogP contribution < -0.4 is 10.6 Å². The first-order chi connectivity index (χ1) is 12.0. The van der Waals surface area contributed by atoms with Gasteiger partial charge in [-0.15, -0.1) is 0 Å². The number of hydrogen-bond donors (Lipinski definition) is 2. The number of aromatic nitrogens is 1. The summed E-state index contributed by atoms with van der Waals surface area (Å²) in [5.41, 5.74) is 0.782. The second-order valence-electron chi connectivity index (χ2n) is 5.77. The first kappa shape index (κ1) is 17.6. The number of hydrogen-bond acceptors (Lipinski definition) is 5. The van der Waals surface area contributed by atoms with Crippen LogP contribution in [-0.2, 0) is 9.59 Å². The minimum absolute atomic E-state index is 0.00987. The lowest BCUT2D eigenvalue weighted by atomic mass is 9.95. The third-order valence-corrected chi connectivity index (χ3v) is 5.10. The Balaban J connectivity index is 1.70. The van der Waals surface area contributed by atoms with E-state index in [0.717, 1.165) is 37.0 Å². The van der Waals surface area contributed by atoms with Gasteiger partial charge in [-0.1, -0.05) is 47.9 Å². The first-order valence-corrected chi connectivity index (χ1v) is 9.11. The van der Waals surface area contributed by atoms with Crippen LogP contribution in [0, 0.1) is 5.92 Å². The summed E-state index contributed by atoms with van der Waals surface area (Å²) in [5, 5.41) is 5.12. The molecule has 25 heavy (non-hydrogen) atoms. The van der Waals surface area contributed by atoms with E-state index >= 15 is 0 Å². The van der Waals surface area contributed by atoms with Crippen LogP contribution in [0.1, 0.15) is 36.0 Å². The summed E-state index contributed by atoms with van der Waals surface area (Å²) in [6, 6.07) is 6.75. The van der Waals surface area contributed by atoms with Crippen molar-refractivity contribution in [2.45, 2.75) is 25.7 Å². The Morgan fingerprint density at radius 2 is 1.76 bits per heavy atom. The van der Waals surface area contributed by atoms with Gasteiger partial charge in [0.15, 0.2) is 10.9 Å². The van der Waals surface area contributed by atoms with E-state index < -0.39 is 11.8 Å². The molecule has 1 aliphatic rings. The first-order valence-electron chi connectivity index (χ1n) is 7.91. The summed E-state index contributed by atoms with van der Waals surface area (Å²) in [7, 11) is 0. The van der Waals surface area contributed by atoms with Crippen LogP contribution in [0.25, 0.3) is 0 Å².